The summed E-state index contributed by atoms with van der Waals surface area (Å²) in [6, 6.07) is 14.4. The second kappa shape index (κ2) is 8.42. The quantitative estimate of drug-likeness (QED) is 0.811. The molecule has 0 atom stereocenters. The highest BCUT2D eigenvalue weighted by Gasteiger charge is 1.92. The standard InChI is InChI=1S/C11H16.C8H10O/c1-3-6-11-8-5-7-10(4-2)9-11;1-6-3-4-8(9)7(2)5-6/h5,7-9H,3-4,6H2,1-2H3;3-5,9H,1-2H3. The highest BCUT2D eigenvalue weighted by molar-refractivity contribution is 5.34. The van der Waals surface area contributed by atoms with Gasteiger partial charge in [0.05, 0.1) is 0 Å². The number of hydrogen-bond donors (Lipinski definition) is 1. The molecule has 2 aromatic carbocycles. The summed E-state index contributed by atoms with van der Waals surface area (Å²) in [5.41, 5.74) is 5.06. The maximum absolute atomic E-state index is 9.04. The largest absolute Gasteiger partial charge is 0.508 e. The number of rotatable bonds is 3. The van der Waals surface area contributed by atoms with Crippen LogP contribution in [0.15, 0.2) is 42.5 Å². The van der Waals surface area contributed by atoms with E-state index in [1.807, 2.05) is 26.0 Å². The molecule has 0 aliphatic carbocycles. The minimum absolute atomic E-state index is 0.376. The fraction of sp³-hybridized carbons (Fsp3) is 0.368. The van der Waals surface area contributed by atoms with Gasteiger partial charge in [0.25, 0.3) is 0 Å². The molecule has 0 aliphatic rings. The summed E-state index contributed by atoms with van der Waals surface area (Å²) in [6.45, 7) is 8.32. The van der Waals surface area contributed by atoms with Crippen molar-refractivity contribution in [2.75, 3.05) is 0 Å². The predicted molar refractivity (Wildman–Crippen MR) is 87.4 cm³/mol. The van der Waals surface area contributed by atoms with Crippen LogP contribution in [0.4, 0.5) is 0 Å². The zero-order valence-corrected chi connectivity index (χ0v) is 13.1. The van der Waals surface area contributed by atoms with Crippen LogP contribution in [0.2, 0.25) is 0 Å². The smallest absolute Gasteiger partial charge is 0.118 e. The van der Waals surface area contributed by atoms with Gasteiger partial charge in [0.2, 0.25) is 0 Å². The average Bonchev–Trinajstić information content (AvgIpc) is 2.45. The minimum Gasteiger partial charge on any atom is -0.508 e. The lowest BCUT2D eigenvalue weighted by atomic mass is 10.1. The molecule has 0 aromatic heterocycles. The molecule has 0 bridgehead atoms. The van der Waals surface area contributed by atoms with E-state index in [0.29, 0.717) is 5.75 Å². The third kappa shape index (κ3) is 5.48. The number of aromatic hydroxyl groups is 1. The van der Waals surface area contributed by atoms with Crippen molar-refractivity contribution in [3.8, 4) is 5.75 Å². The second-order valence-electron chi connectivity index (χ2n) is 5.21. The molecule has 0 aliphatic heterocycles. The van der Waals surface area contributed by atoms with Crippen molar-refractivity contribution in [1.29, 1.82) is 0 Å². The Hall–Kier alpha value is -1.76. The van der Waals surface area contributed by atoms with Crippen LogP contribution in [0.1, 0.15) is 42.5 Å². The molecule has 0 fully saturated rings. The monoisotopic (exact) mass is 270 g/mol. The van der Waals surface area contributed by atoms with Gasteiger partial charge in [0.1, 0.15) is 5.75 Å². The third-order valence-corrected chi connectivity index (χ3v) is 3.29. The van der Waals surface area contributed by atoms with Crippen molar-refractivity contribution >= 4 is 0 Å². The van der Waals surface area contributed by atoms with Crippen LogP contribution in [0.25, 0.3) is 0 Å². The molecular formula is C19H26O. The van der Waals surface area contributed by atoms with Gasteiger partial charge in [-0.25, -0.2) is 0 Å². The number of aryl methyl sites for hydroxylation is 4. The van der Waals surface area contributed by atoms with Crippen molar-refractivity contribution in [3.63, 3.8) is 0 Å². The number of phenolic OH excluding ortho intramolecular Hbond substituents is 1. The van der Waals surface area contributed by atoms with Gasteiger partial charge in [-0.2, -0.15) is 0 Å². The first-order valence-corrected chi connectivity index (χ1v) is 7.40. The van der Waals surface area contributed by atoms with Crippen LogP contribution in [0.5, 0.6) is 5.75 Å². The maximum Gasteiger partial charge on any atom is 0.118 e. The summed E-state index contributed by atoms with van der Waals surface area (Å²) in [4.78, 5) is 0. The molecule has 0 spiro atoms. The Balaban J connectivity index is 0.000000204. The van der Waals surface area contributed by atoms with Gasteiger partial charge in [-0.3, -0.25) is 0 Å². The van der Waals surface area contributed by atoms with Gasteiger partial charge in [-0.15, -0.1) is 0 Å². The molecule has 1 heteroatoms. The topological polar surface area (TPSA) is 20.2 Å². The zero-order chi connectivity index (χ0) is 15.0. The van der Waals surface area contributed by atoms with Gasteiger partial charge in [0, 0.05) is 0 Å². The lowest BCUT2D eigenvalue weighted by molar-refractivity contribution is 0.471. The summed E-state index contributed by atoms with van der Waals surface area (Å²) in [7, 11) is 0. The number of benzene rings is 2. The molecule has 0 heterocycles. The highest BCUT2D eigenvalue weighted by atomic mass is 16.3. The molecule has 2 rings (SSSR count). The lowest BCUT2D eigenvalue weighted by Crippen LogP contribution is -1.85. The molecule has 1 nitrogen and oxygen atoms in total. The van der Waals surface area contributed by atoms with Crippen molar-refractivity contribution in [1.82, 2.24) is 0 Å². The van der Waals surface area contributed by atoms with Crippen molar-refractivity contribution in [3.05, 3.63) is 64.7 Å². The summed E-state index contributed by atoms with van der Waals surface area (Å²) in [5, 5.41) is 9.04. The van der Waals surface area contributed by atoms with Gasteiger partial charge in [-0.05, 0) is 49.4 Å². The Morgan fingerprint density at radius 2 is 1.60 bits per heavy atom. The maximum atomic E-state index is 9.04. The first kappa shape index (κ1) is 16.3. The zero-order valence-electron chi connectivity index (χ0n) is 13.1. The van der Waals surface area contributed by atoms with Gasteiger partial charge >= 0.3 is 0 Å². The second-order valence-corrected chi connectivity index (χ2v) is 5.21. The molecule has 1 N–H and O–H groups in total. The first-order valence-electron chi connectivity index (χ1n) is 7.40. The summed E-state index contributed by atoms with van der Waals surface area (Å²) in [5.74, 6) is 0.376. The van der Waals surface area contributed by atoms with E-state index in [1.165, 1.54) is 29.5 Å². The van der Waals surface area contributed by atoms with E-state index >= 15 is 0 Å². The van der Waals surface area contributed by atoms with Crippen LogP contribution >= 0.6 is 0 Å². The van der Waals surface area contributed by atoms with E-state index in [0.717, 1.165) is 12.0 Å². The SMILES string of the molecule is CCCc1cccc(CC)c1.Cc1ccc(O)c(C)c1. The Bertz CT molecular complexity index is 529. The van der Waals surface area contributed by atoms with E-state index in [-0.39, 0.29) is 0 Å². The first-order chi connectivity index (χ1) is 9.56. The van der Waals surface area contributed by atoms with Crippen LogP contribution in [-0.4, -0.2) is 5.11 Å². The fourth-order valence-corrected chi connectivity index (χ4v) is 2.10. The lowest BCUT2D eigenvalue weighted by Gasteiger charge is -2.00. The fourth-order valence-electron chi connectivity index (χ4n) is 2.10. The summed E-state index contributed by atoms with van der Waals surface area (Å²) < 4.78 is 0. The molecule has 0 saturated carbocycles. The van der Waals surface area contributed by atoms with E-state index in [9.17, 15) is 0 Å². The van der Waals surface area contributed by atoms with Crippen molar-refractivity contribution in [2.24, 2.45) is 0 Å². The van der Waals surface area contributed by atoms with Crippen molar-refractivity contribution in [2.45, 2.75) is 47.0 Å². The van der Waals surface area contributed by atoms with E-state index in [2.05, 4.69) is 38.1 Å². The van der Waals surface area contributed by atoms with Crippen LogP contribution in [-0.2, 0) is 12.8 Å². The number of hydrogen-bond acceptors (Lipinski definition) is 1. The predicted octanol–water partition coefficient (Wildman–Crippen LogP) is 5.21. The highest BCUT2D eigenvalue weighted by Crippen LogP contribution is 2.15. The minimum atomic E-state index is 0.376. The molecular weight excluding hydrogens is 244 g/mol. The Kier molecular flexibility index (Phi) is 6.86. The molecule has 0 radical (unpaired) electrons. The van der Waals surface area contributed by atoms with E-state index in [1.54, 1.807) is 6.07 Å². The van der Waals surface area contributed by atoms with Crippen LogP contribution < -0.4 is 0 Å². The molecule has 2 aromatic rings. The average molecular weight is 270 g/mol. The van der Waals surface area contributed by atoms with E-state index in [4.69, 9.17) is 5.11 Å². The summed E-state index contributed by atoms with van der Waals surface area (Å²) in [6.07, 6.45) is 3.61. The third-order valence-electron chi connectivity index (χ3n) is 3.29. The Morgan fingerprint density at radius 1 is 0.900 bits per heavy atom. The van der Waals surface area contributed by atoms with Crippen LogP contribution in [0, 0.1) is 13.8 Å². The van der Waals surface area contributed by atoms with Crippen LogP contribution in [0.3, 0.4) is 0 Å². The van der Waals surface area contributed by atoms with Gasteiger partial charge < -0.3 is 5.11 Å². The van der Waals surface area contributed by atoms with E-state index < -0.39 is 0 Å². The number of phenols is 1. The Morgan fingerprint density at radius 3 is 2.15 bits per heavy atom. The molecule has 0 saturated heterocycles. The summed E-state index contributed by atoms with van der Waals surface area (Å²) >= 11 is 0. The van der Waals surface area contributed by atoms with Crippen molar-refractivity contribution < 1.29 is 5.11 Å². The molecule has 0 unspecified atom stereocenters. The van der Waals surface area contributed by atoms with Gasteiger partial charge in [-0.1, -0.05) is 62.2 Å². The molecule has 0 amide bonds. The van der Waals surface area contributed by atoms with Gasteiger partial charge in [0.15, 0.2) is 0 Å². The molecule has 20 heavy (non-hydrogen) atoms. The normalized spacial score (nSPS) is 9.80. The Labute approximate surface area is 123 Å². The molecule has 108 valence electrons.